The van der Waals surface area contributed by atoms with Gasteiger partial charge in [-0.05, 0) is 43.7 Å². The summed E-state index contributed by atoms with van der Waals surface area (Å²) in [5.74, 6) is 2.08. The summed E-state index contributed by atoms with van der Waals surface area (Å²) < 4.78 is 11.1. The summed E-state index contributed by atoms with van der Waals surface area (Å²) in [6.45, 7) is 3.69. The zero-order chi connectivity index (χ0) is 16.4. The molecule has 0 amide bonds. The van der Waals surface area contributed by atoms with Crippen LogP contribution < -0.4 is 0 Å². The quantitative estimate of drug-likeness (QED) is 0.705. The molecule has 0 aliphatic rings. The molecule has 6 heteroatoms. The van der Waals surface area contributed by atoms with E-state index in [-0.39, 0.29) is 5.89 Å². The lowest BCUT2D eigenvalue weighted by atomic mass is 10.1. The maximum atomic E-state index is 8.79. The van der Waals surface area contributed by atoms with E-state index in [0.29, 0.717) is 22.2 Å². The summed E-state index contributed by atoms with van der Waals surface area (Å²) in [6.07, 6.45) is 1.70. The normalized spacial score (nSPS) is 11.5. The molecule has 5 nitrogen and oxygen atoms in total. The highest BCUT2D eigenvalue weighted by Gasteiger charge is 2.16. The van der Waals surface area contributed by atoms with E-state index in [2.05, 4.69) is 16.3 Å². The molecule has 0 aliphatic carbocycles. The minimum Gasteiger partial charge on any atom is -0.466 e. The number of hydrogen-bond acceptors (Lipinski definition) is 5. The molecule has 0 aliphatic heterocycles. The number of nitriles is 1. The Morgan fingerprint density at radius 2 is 1.91 bits per heavy atom. The van der Waals surface area contributed by atoms with Crippen LogP contribution in [0, 0.1) is 25.2 Å². The first kappa shape index (κ1) is 15.1. The minimum atomic E-state index is 0.226. The van der Waals surface area contributed by atoms with Gasteiger partial charge in [-0.25, -0.2) is 0 Å². The van der Waals surface area contributed by atoms with E-state index < -0.39 is 0 Å². The first-order valence-electron chi connectivity index (χ1n) is 6.85. The molecule has 114 valence electrons. The third-order valence-electron chi connectivity index (χ3n) is 3.23. The maximum Gasteiger partial charge on any atom is 0.259 e. The van der Waals surface area contributed by atoms with Crippen molar-refractivity contribution in [3.05, 3.63) is 58.9 Å². The summed E-state index contributed by atoms with van der Waals surface area (Å²) in [5, 5.41) is 17.1. The average Bonchev–Trinajstić information content (AvgIpc) is 3.14. The van der Waals surface area contributed by atoms with Gasteiger partial charge in [-0.2, -0.15) is 5.26 Å². The zero-order valence-corrected chi connectivity index (χ0v) is 13.3. The molecule has 0 bridgehead atoms. The predicted octanol–water partition coefficient (Wildman–Crippen LogP) is 4.56. The highest BCUT2D eigenvalue weighted by molar-refractivity contribution is 6.50. The van der Waals surface area contributed by atoms with Crippen LogP contribution in [-0.4, -0.2) is 10.2 Å². The van der Waals surface area contributed by atoms with Crippen LogP contribution in [-0.2, 0) is 0 Å². The molecule has 3 aromatic rings. The molecule has 1 aromatic carbocycles. The largest absolute Gasteiger partial charge is 0.466 e. The van der Waals surface area contributed by atoms with Gasteiger partial charge in [0.05, 0.1) is 17.2 Å². The maximum absolute atomic E-state index is 8.79. The minimum absolute atomic E-state index is 0.226. The summed E-state index contributed by atoms with van der Waals surface area (Å²) in [7, 11) is 0. The van der Waals surface area contributed by atoms with Crippen molar-refractivity contribution >= 4 is 22.7 Å². The number of nitrogens with zero attached hydrogens (tertiary/aromatic N) is 3. The van der Waals surface area contributed by atoms with Crippen molar-refractivity contribution < 1.29 is 8.83 Å². The van der Waals surface area contributed by atoms with Crippen molar-refractivity contribution in [2.24, 2.45) is 0 Å². The molecule has 0 saturated heterocycles. The molecule has 2 aromatic heterocycles. The van der Waals surface area contributed by atoms with Crippen LogP contribution in [0.2, 0.25) is 0 Å². The van der Waals surface area contributed by atoms with Gasteiger partial charge >= 0.3 is 0 Å². The van der Waals surface area contributed by atoms with Crippen molar-refractivity contribution in [3.8, 4) is 17.5 Å². The van der Waals surface area contributed by atoms with Gasteiger partial charge in [0.1, 0.15) is 16.6 Å². The van der Waals surface area contributed by atoms with Crippen LogP contribution in [0.4, 0.5) is 0 Å². The van der Waals surface area contributed by atoms with Crippen LogP contribution in [0.3, 0.4) is 0 Å². The lowest BCUT2D eigenvalue weighted by molar-refractivity contribution is 0.502. The fraction of sp³-hybridized carbons (Fsp3) is 0.118. The first-order valence-corrected chi connectivity index (χ1v) is 7.23. The van der Waals surface area contributed by atoms with Gasteiger partial charge in [-0.1, -0.05) is 23.7 Å². The van der Waals surface area contributed by atoms with E-state index in [4.69, 9.17) is 25.7 Å². The second-order valence-corrected chi connectivity index (χ2v) is 5.37. The SMILES string of the molecule is Cc1cc(-c2nnc(/C(Cl)=C/c3ccc(C#N)cc3)o2)c(C)o1. The molecule has 0 atom stereocenters. The lowest BCUT2D eigenvalue weighted by Gasteiger charge is -1.95. The first-order chi connectivity index (χ1) is 11.1. The van der Waals surface area contributed by atoms with Gasteiger partial charge < -0.3 is 8.83 Å². The highest BCUT2D eigenvalue weighted by atomic mass is 35.5. The molecule has 2 heterocycles. The van der Waals surface area contributed by atoms with E-state index in [1.807, 2.05) is 19.9 Å². The van der Waals surface area contributed by atoms with Crippen LogP contribution in [0.25, 0.3) is 22.6 Å². The molecule has 0 radical (unpaired) electrons. The van der Waals surface area contributed by atoms with Crippen LogP contribution >= 0.6 is 11.6 Å². The number of halogens is 1. The van der Waals surface area contributed by atoms with E-state index in [0.717, 1.165) is 16.9 Å². The summed E-state index contributed by atoms with van der Waals surface area (Å²) in [5.41, 5.74) is 2.18. The van der Waals surface area contributed by atoms with Gasteiger partial charge in [-0.15, -0.1) is 10.2 Å². The fourth-order valence-electron chi connectivity index (χ4n) is 2.13. The Balaban J connectivity index is 1.88. The Morgan fingerprint density at radius 1 is 1.17 bits per heavy atom. The molecule has 0 saturated carbocycles. The summed E-state index contributed by atoms with van der Waals surface area (Å²) in [4.78, 5) is 0. The molecule has 3 rings (SSSR count). The number of aryl methyl sites for hydroxylation is 2. The average molecular weight is 326 g/mol. The predicted molar refractivity (Wildman–Crippen MR) is 86.4 cm³/mol. The van der Waals surface area contributed by atoms with Gasteiger partial charge in [0.15, 0.2) is 0 Å². The topological polar surface area (TPSA) is 75.8 Å². The van der Waals surface area contributed by atoms with Gasteiger partial charge in [-0.3, -0.25) is 0 Å². The molecule has 0 spiro atoms. The Labute approximate surface area is 137 Å². The molecular weight excluding hydrogens is 314 g/mol. The van der Waals surface area contributed by atoms with Crippen LogP contribution in [0.5, 0.6) is 0 Å². The second kappa shape index (κ2) is 6.11. The standard InChI is InChI=1S/C17H12ClN3O2/c1-10-7-14(11(2)22-10)16-20-21-17(23-16)15(18)8-12-3-5-13(9-19)6-4-12/h3-8H,1-2H3/b15-8-. The van der Waals surface area contributed by atoms with Gasteiger partial charge in [0, 0.05) is 0 Å². The Bertz CT molecular complexity index is 914. The molecule has 0 fully saturated rings. The fourth-order valence-corrected chi connectivity index (χ4v) is 2.34. The Kier molecular flexibility index (Phi) is 4.00. The number of furan rings is 1. The molecule has 0 N–H and O–H groups in total. The lowest BCUT2D eigenvalue weighted by Crippen LogP contribution is -1.79. The van der Waals surface area contributed by atoms with Crippen molar-refractivity contribution in [2.45, 2.75) is 13.8 Å². The molecule has 0 unspecified atom stereocenters. The highest BCUT2D eigenvalue weighted by Crippen LogP contribution is 2.28. The number of rotatable bonds is 3. The van der Waals surface area contributed by atoms with Gasteiger partial charge in [0.2, 0.25) is 0 Å². The van der Waals surface area contributed by atoms with Crippen molar-refractivity contribution in [1.82, 2.24) is 10.2 Å². The zero-order valence-electron chi connectivity index (χ0n) is 12.5. The van der Waals surface area contributed by atoms with Crippen LogP contribution in [0.15, 0.2) is 39.2 Å². The van der Waals surface area contributed by atoms with Crippen molar-refractivity contribution in [2.75, 3.05) is 0 Å². The Morgan fingerprint density at radius 3 is 2.52 bits per heavy atom. The summed E-state index contributed by atoms with van der Waals surface area (Å²) in [6, 6.07) is 10.9. The number of hydrogen-bond donors (Lipinski definition) is 0. The van der Waals surface area contributed by atoms with E-state index >= 15 is 0 Å². The summed E-state index contributed by atoms with van der Waals surface area (Å²) >= 11 is 6.24. The van der Waals surface area contributed by atoms with E-state index in [1.165, 1.54) is 0 Å². The third kappa shape index (κ3) is 3.17. The number of aromatic nitrogens is 2. The van der Waals surface area contributed by atoms with E-state index in [9.17, 15) is 0 Å². The molecule has 23 heavy (non-hydrogen) atoms. The monoisotopic (exact) mass is 325 g/mol. The Hall–Kier alpha value is -2.84. The second-order valence-electron chi connectivity index (χ2n) is 4.97. The van der Waals surface area contributed by atoms with Crippen molar-refractivity contribution in [1.29, 1.82) is 5.26 Å². The van der Waals surface area contributed by atoms with Crippen LogP contribution in [0.1, 0.15) is 28.5 Å². The smallest absolute Gasteiger partial charge is 0.259 e. The third-order valence-corrected chi connectivity index (χ3v) is 3.50. The molecular formula is C17H12ClN3O2. The van der Waals surface area contributed by atoms with Gasteiger partial charge in [0.25, 0.3) is 11.8 Å². The number of benzene rings is 1. The van der Waals surface area contributed by atoms with Crippen molar-refractivity contribution in [3.63, 3.8) is 0 Å². The van der Waals surface area contributed by atoms with E-state index in [1.54, 1.807) is 30.3 Å².